The molecule has 148 valence electrons. The lowest BCUT2D eigenvalue weighted by molar-refractivity contribution is -0.142. The number of sulfonamides is 1. The SMILES string of the molecule is COC(=O)CNC(=O)C1CN(S(=O)(=O)c2cccnc2)CC12CCCCC2. The number of nitrogens with one attached hydrogen (secondary N) is 1. The number of ether oxygens (including phenoxy) is 1. The van der Waals surface area contributed by atoms with E-state index >= 15 is 0 Å². The molecule has 1 unspecified atom stereocenters. The third kappa shape index (κ3) is 3.98. The lowest BCUT2D eigenvalue weighted by atomic mass is 9.67. The molecule has 1 aromatic heterocycles. The molecule has 1 saturated heterocycles. The molecule has 1 spiro atoms. The molecule has 2 aliphatic rings. The average molecular weight is 395 g/mol. The van der Waals surface area contributed by atoms with Crippen molar-refractivity contribution in [1.82, 2.24) is 14.6 Å². The second kappa shape index (κ2) is 7.93. The van der Waals surface area contributed by atoms with Crippen molar-refractivity contribution >= 4 is 21.9 Å². The first kappa shape index (κ1) is 19.8. The second-order valence-corrected chi connectivity index (χ2v) is 9.19. The Balaban J connectivity index is 1.84. The molecule has 1 aliphatic carbocycles. The zero-order chi connectivity index (χ0) is 19.5. The molecule has 2 fully saturated rings. The molecule has 1 N–H and O–H groups in total. The Morgan fingerprint density at radius 3 is 2.70 bits per heavy atom. The Labute approximate surface area is 159 Å². The Bertz CT molecular complexity index is 790. The Morgan fingerprint density at radius 2 is 2.07 bits per heavy atom. The molecule has 9 heteroatoms. The topological polar surface area (TPSA) is 106 Å². The van der Waals surface area contributed by atoms with E-state index in [4.69, 9.17) is 0 Å². The van der Waals surface area contributed by atoms with Gasteiger partial charge in [-0.1, -0.05) is 19.3 Å². The molecular formula is C18H25N3O5S. The third-order valence-corrected chi connectivity index (χ3v) is 7.48. The van der Waals surface area contributed by atoms with Crippen LogP contribution in [-0.4, -0.2) is 56.3 Å². The first-order valence-corrected chi connectivity index (χ1v) is 10.6. The highest BCUT2D eigenvalue weighted by Crippen LogP contribution is 2.48. The molecule has 27 heavy (non-hydrogen) atoms. The zero-order valence-electron chi connectivity index (χ0n) is 15.4. The lowest BCUT2D eigenvalue weighted by Gasteiger charge is -2.37. The van der Waals surface area contributed by atoms with Crippen LogP contribution in [0.5, 0.6) is 0 Å². The van der Waals surface area contributed by atoms with Crippen LogP contribution in [0.25, 0.3) is 0 Å². The largest absolute Gasteiger partial charge is 0.468 e. The summed E-state index contributed by atoms with van der Waals surface area (Å²) >= 11 is 0. The lowest BCUT2D eigenvalue weighted by Crippen LogP contribution is -2.44. The number of methoxy groups -OCH3 is 1. The van der Waals surface area contributed by atoms with Gasteiger partial charge in [0.05, 0.1) is 13.0 Å². The highest BCUT2D eigenvalue weighted by Gasteiger charge is 2.53. The molecule has 1 atom stereocenters. The highest BCUT2D eigenvalue weighted by molar-refractivity contribution is 7.89. The van der Waals surface area contributed by atoms with Gasteiger partial charge in [0, 0.05) is 25.5 Å². The minimum absolute atomic E-state index is 0.115. The molecular weight excluding hydrogens is 370 g/mol. The monoisotopic (exact) mass is 395 g/mol. The number of hydrogen-bond donors (Lipinski definition) is 1. The fourth-order valence-electron chi connectivity index (χ4n) is 4.23. The van der Waals surface area contributed by atoms with Gasteiger partial charge in [-0.05, 0) is 30.4 Å². The summed E-state index contributed by atoms with van der Waals surface area (Å²) in [5.41, 5.74) is -0.381. The van der Waals surface area contributed by atoms with E-state index in [-0.39, 0.29) is 29.3 Å². The minimum atomic E-state index is -3.72. The Hall–Kier alpha value is -2.00. The summed E-state index contributed by atoms with van der Waals surface area (Å²) in [7, 11) is -2.46. The van der Waals surface area contributed by atoms with Gasteiger partial charge in [-0.25, -0.2) is 8.42 Å². The fraction of sp³-hybridized carbons (Fsp3) is 0.611. The van der Waals surface area contributed by atoms with Crippen molar-refractivity contribution < 1.29 is 22.7 Å². The summed E-state index contributed by atoms with van der Waals surface area (Å²) in [4.78, 5) is 28.2. The van der Waals surface area contributed by atoms with Crippen molar-refractivity contribution in [2.24, 2.45) is 11.3 Å². The van der Waals surface area contributed by atoms with E-state index in [1.165, 1.54) is 29.9 Å². The first-order chi connectivity index (χ1) is 12.9. The predicted molar refractivity (Wildman–Crippen MR) is 97.0 cm³/mol. The van der Waals surface area contributed by atoms with Crippen LogP contribution >= 0.6 is 0 Å². The van der Waals surface area contributed by atoms with Gasteiger partial charge in [-0.3, -0.25) is 14.6 Å². The van der Waals surface area contributed by atoms with Crippen molar-refractivity contribution in [3.8, 4) is 0 Å². The molecule has 1 saturated carbocycles. The smallest absolute Gasteiger partial charge is 0.325 e. The Kier molecular flexibility index (Phi) is 5.81. The van der Waals surface area contributed by atoms with Crippen molar-refractivity contribution in [3.63, 3.8) is 0 Å². The van der Waals surface area contributed by atoms with Crippen LogP contribution in [0, 0.1) is 11.3 Å². The van der Waals surface area contributed by atoms with Crippen LogP contribution in [0.2, 0.25) is 0 Å². The van der Waals surface area contributed by atoms with Gasteiger partial charge in [-0.2, -0.15) is 4.31 Å². The number of carbonyl (C=O) groups excluding carboxylic acids is 2. The van der Waals surface area contributed by atoms with Gasteiger partial charge in [0.25, 0.3) is 0 Å². The summed E-state index contributed by atoms with van der Waals surface area (Å²) in [6.07, 6.45) is 7.50. The summed E-state index contributed by atoms with van der Waals surface area (Å²) in [5.74, 6) is -1.29. The average Bonchev–Trinajstić information content (AvgIpc) is 3.06. The number of hydrogen-bond acceptors (Lipinski definition) is 6. The van der Waals surface area contributed by atoms with Crippen molar-refractivity contribution in [2.45, 2.75) is 37.0 Å². The quantitative estimate of drug-likeness (QED) is 0.744. The van der Waals surface area contributed by atoms with Crippen LogP contribution in [0.3, 0.4) is 0 Å². The van der Waals surface area contributed by atoms with Gasteiger partial charge < -0.3 is 10.1 Å². The predicted octanol–water partition coefficient (Wildman–Crippen LogP) is 0.942. The van der Waals surface area contributed by atoms with Crippen molar-refractivity contribution in [3.05, 3.63) is 24.5 Å². The molecule has 1 amide bonds. The molecule has 1 aliphatic heterocycles. The number of pyridine rings is 1. The van der Waals surface area contributed by atoms with Gasteiger partial charge in [-0.15, -0.1) is 0 Å². The minimum Gasteiger partial charge on any atom is -0.468 e. The third-order valence-electron chi connectivity index (χ3n) is 5.69. The number of nitrogens with zero attached hydrogens (tertiary/aromatic N) is 2. The number of amides is 1. The molecule has 3 rings (SSSR count). The van der Waals surface area contributed by atoms with E-state index in [0.717, 1.165) is 32.1 Å². The van der Waals surface area contributed by atoms with Crippen LogP contribution in [0.15, 0.2) is 29.4 Å². The van der Waals surface area contributed by atoms with E-state index in [1.807, 2.05) is 0 Å². The van der Waals surface area contributed by atoms with Crippen LogP contribution in [-0.2, 0) is 24.3 Å². The number of rotatable bonds is 5. The molecule has 0 bridgehead atoms. The summed E-state index contributed by atoms with van der Waals surface area (Å²) < 4.78 is 32.0. The van der Waals surface area contributed by atoms with Gasteiger partial charge in [0.15, 0.2) is 0 Å². The summed E-state index contributed by atoms with van der Waals surface area (Å²) in [6.45, 7) is 0.224. The number of esters is 1. The van der Waals surface area contributed by atoms with Gasteiger partial charge in [0.2, 0.25) is 15.9 Å². The van der Waals surface area contributed by atoms with Gasteiger partial charge in [0.1, 0.15) is 11.4 Å². The fourth-order valence-corrected chi connectivity index (χ4v) is 5.75. The molecule has 0 radical (unpaired) electrons. The summed E-state index contributed by atoms with van der Waals surface area (Å²) in [5, 5.41) is 2.61. The van der Waals surface area contributed by atoms with E-state index in [9.17, 15) is 18.0 Å². The highest BCUT2D eigenvalue weighted by atomic mass is 32.2. The van der Waals surface area contributed by atoms with Crippen LogP contribution in [0.1, 0.15) is 32.1 Å². The number of aromatic nitrogens is 1. The molecule has 1 aromatic rings. The van der Waals surface area contributed by atoms with Crippen molar-refractivity contribution in [2.75, 3.05) is 26.7 Å². The van der Waals surface area contributed by atoms with E-state index in [2.05, 4.69) is 15.0 Å². The molecule has 2 heterocycles. The van der Waals surface area contributed by atoms with Crippen LogP contribution in [0.4, 0.5) is 0 Å². The zero-order valence-corrected chi connectivity index (χ0v) is 16.2. The maximum Gasteiger partial charge on any atom is 0.325 e. The first-order valence-electron chi connectivity index (χ1n) is 9.14. The maximum absolute atomic E-state index is 13.0. The van der Waals surface area contributed by atoms with Crippen LogP contribution < -0.4 is 5.32 Å². The second-order valence-electron chi connectivity index (χ2n) is 7.26. The van der Waals surface area contributed by atoms with Crippen molar-refractivity contribution in [1.29, 1.82) is 0 Å². The molecule has 8 nitrogen and oxygen atoms in total. The number of carbonyl (C=O) groups is 2. The standard InChI is InChI=1S/C18H25N3O5S/c1-26-16(22)11-20-17(23)15-12-21(13-18(15)7-3-2-4-8-18)27(24,25)14-6-5-9-19-10-14/h5-6,9-10,15H,2-4,7-8,11-13H2,1H3,(H,20,23). The van der Waals surface area contributed by atoms with Gasteiger partial charge >= 0.3 is 5.97 Å². The Morgan fingerprint density at radius 1 is 1.33 bits per heavy atom. The maximum atomic E-state index is 13.0. The van der Waals surface area contributed by atoms with E-state index < -0.39 is 21.9 Å². The van der Waals surface area contributed by atoms with E-state index in [1.54, 1.807) is 6.07 Å². The van der Waals surface area contributed by atoms with E-state index in [0.29, 0.717) is 6.54 Å². The summed E-state index contributed by atoms with van der Waals surface area (Å²) in [6, 6.07) is 3.10. The normalized spacial score (nSPS) is 22.5. The molecule has 0 aromatic carbocycles.